The molecule has 0 heterocycles. The van der Waals surface area contributed by atoms with Gasteiger partial charge in [0.1, 0.15) is 11.8 Å². The first kappa shape index (κ1) is 22.5. The minimum atomic E-state index is -4.65. The van der Waals surface area contributed by atoms with Crippen molar-refractivity contribution in [3.63, 3.8) is 0 Å². The van der Waals surface area contributed by atoms with Gasteiger partial charge in [0.25, 0.3) is 0 Å². The van der Waals surface area contributed by atoms with Crippen molar-refractivity contribution in [3.05, 3.63) is 54.1 Å². The third-order valence-corrected chi connectivity index (χ3v) is 5.20. The molecule has 0 fully saturated rings. The molecule has 2 rings (SSSR count). The summed E-state index contributed by atoms with van der Waals surface area (Å²) in [6.45, 7) is 3.41. The Hall–Kier alpha value is -2.75. The number of sulfonamides is 1. The van der Waals surface area contributed by atoms with Crippen LogP contribution < -0.4 is 14.4 Å². The van der Waals surface area contributed by atoms with Crippen LogP contribution in [0.5, 0.6) is 5.75 Å². The summed E-state index contributed by atoms with van der Waals surface area (Å²) in [5.74, 6) is -0.333. The Morgan fingerprint density at radius 2 is 1.83 bits per heavy atom. The quantitative estimate of drug-likeness (QED) is 0.723. The Morgan fingerprint density at radius 1 is 1.17 bits per heavy atom. The van der Waals surface area contributed by atoms with Crippen LogP contribution in [0.4, 0.5) is 24.5 Å². The second kappa shape index (κ2) is 8.73. The summed E-state index contributed by atoms with van der Waals surface area (Å²) in [4.78, 5) is 12.7. The van der Waals surface area contributed by atoms with E-state index in [1.165, 1.54) is 13.0 Å². The number of ether oxygens (including phenoxy) is 1. The topological polar surface area (TPSA) is 75.7 Å². The molecule has 0 radical (unpaired) electrons. The van der Waals surface area contributed by atoms with Gasteiger partial charge in [0.05, 0.1) is 29.8 Å². The molecule has 0 aliphatic heterocycles. The van der Waals surface area contributed by atoms with E-state index in [9.17, 15) is 26.4 Å². The predicted octanol–water partition coefficient (Wildman–Crippen LogP) is 3.90. The van der Waals surface area contributed by atoms with Crippen LogP contribution in [0, 0.1) is 0 Å². The number of alkyl halides is 3. The fraction of sp³-hybridized carbons (Fsp3) is 0.316. The summed E-state index contributed by atoms with van der Waals surface area (Å²) < 4.78 is 69.8. The molecule has 0 bridgehead atoms. The van der Waals surface area contributed by atoms with Crippen LogP contribution in [0.2, 0.25) is 0 Å². The van der Waals surface area contributed by atoms with Gasteiger partial charge < -0.3 is 10.1 Å². The monoisotopic (exact) mass is 430 g/mol. The van der Waals surface area contributed by atoms with E-state index in [-0.39, 0.29) is 5.69 Å². The van der Waals surface area contributed by atoms with E-state index >= 15 is 0 Å². The van der Waals surface area contributed by atoms with Gasteiger partial charge >= 0.3 is 6.18 Å². The number of nitrogens with zero attached hydrogens (tertiary/aromatic N) is 1. The molecular weight excluding hydrogens is 409 g/mol. The lowest BCUT2D eigenvalue weighted by atomic mass is 10.1. The van der Waals surface area contributed by atoms with Crippen molar-refractivity contribution in [2.75, 3.05) is 22.5 Å². The summed E-state index contributed by atoms with van der Waals surface area (Å²) in [7, 11) is -4.06. The minimum absolute atomic E-state index is 0.261. The zero-order chi connectivity index (χ0) is 21.8. The summed E-state index contributed by atoms with van der Waals surface area (Å²) >= 11 is 0. The highest BCUT2D eigenvalue weighted by Crippen LogP contribution is 2.33. The van der Waals surface area contributed by atoms with Crippen molar-refractivity contribution in [2.45, 2.75) is 26.1 Å². The zero-order valence-electron chi connectivity index (χ0n) is 16.0. The minimum Gasteiger partial charge on any atom is -0.492 e. The second-order valence-electron chi connectivity index (χ2n) is 6.20. The molecule has 158 valence electrons. The molecule has 0 aliphatic rings. The van der Waals surface area contributed by atoms with Crippen LogP contribution in [0.15, 0.2) is 48.5 Å². The summed E-state index contributed by atoms with van der Waals surface area (Å²) in [5.41, 5.74) is -0.954. The number of anilines is 2. The van der Waals surface area contributed by atoms with Crippen LogP contribution >= 0.6 is 0 Å². The number of nitrogens with one attached hydrogen (secondary N) is 1. The number of halogens is 3. The molecule has 1 amide bonds. The summed E-state index contributed by atoms with van der Waals surface area (Å²) in [5, 5.41) is 2.57. The molecule has 0 spiro atoms. The first-order valence-corrected chi connectivity index (χ1v) is 10.5. The summed E-state index contributed by atoms with van der Waals surface area (Å²) in [6, 6.07) is 9.06. The molecule has 1 N–H and O–H groups in total. The van der Waals surface area contributed by atoms with E-state index in [2.05, 4.69) is 5.32 Å². The van der Waals surface area contributed by atoms with Gasteiger partial charge in [0, 0.05) is 0 Å². The molecule has 0 aliphatic carbocycles. The van der Waals surface area contributed by atoms with Crippen molar-refractivity contribution in [1.82, 2.24) is 0 Å². The molecule has 10 heteroatoms. The van der Waals surface area contributed by atoms with Crippen molar-refractivity contribution < 1.29 is 31.1 Å². The Balaban J connectivity index is 2.38. The zero-order valence-corrected chi connectivity index (χ0v) is 16.8. The number of amides is 1. The number of hydrogen-bond donors (Lipinski definition) is 1. The maximum Gasteiger partial charge on any atom is 0.416 e. The Bertz CT molecular complexity index is 977. The first-order valence-electron chi connectivity index (χ1n) is 8.64. The van der Waals surface area contributed by atoms with E-state index in [4.69, 9.17) is 4.74 Å². The Kier molecular flexibility index (Phi) is 6.78. The first-order chi connectivity index (χ1) is 13.4. The van der Waals surface area contributed by atoms with Gasteiger partial charge in [-0.3, -0.25) is 9.10 Å². The average Bonchev–Trinajstić information content (AvgIpc) is 2.62. The number of carbonyl (C=O) groups is 1. The SMILES string of the molecule is CCOc1ccccc1NC(=O)[C@H](C)N(c1cccc(C(F)(F)F)c1)S(C)(=O)=O. The molecular formula is C19H21F3N2O4S. The van der Waals surface area contributed by atoms with Crippen molar-refractivity contribution in [1.29, 1.82) is 0 Å². The maximum absolute atomic E-state index is 13.0. The predicted molar refractivity (Wildman–Crippen MR) is 104 cm³/mol. The van der Waals surface area contributed by atoms with E-state index in [0.717, 1.165) is 18.4 Å². The van der Waals surface area contributed by atoms with Gasteiger partial charge in [0.2, 0.25) is 15.9 Å². The lowest BCUT2D eigenvalue weighted by Crippen LogP contribution is -2.45. The van der Waals surface area contributed by atoms with E-state index in [1.54, 1.807) is 31.2 Å². The molecule has 0 saturated heterocycles. The van der Waals surface area contributed by atoms with Gasteiger partial charge in [-0.05, 0) is 44.2 Å². The van der Waals surface area contributed by atoms with E-state index < -0.39 is 33.7 Å². The van der Waals surface area contributed by atoms with Gasteiger partial charge in [0.15, 0.2) is 0 Å². The average molecular weight is 430 g/mol. The highest BCUT2D eigenvalue weighted by Gasteiger charge is 2.34. The fourth-order valence-electron chi connectivity index (χ4n) is 2.72. The molecule has 29 heavy (non-hydrogen) atoms. The number of benzene rings is 2. The second-order valence-corrected chi connectivity index (χ2v) is 8.06. The molecule has 1 atom stereocenters. The Labute approximate surface area is 167 Å². The van der Waals surface area contributed by atoms with Gasteiger partial charge in [-0.15, -0.1) is 0 Å². The third kappa shape index (κ3) is 5.63. The van der Waals surface area contributed by atoms with Crippen LogP contribution in [0.25, 0.3) is 0 Å². The standard InChI is InChI=1S/C19H21F3N2O4S/c1-4-28-17-11-6-5-10-16(17)23-18(25)13(2)24(29(3,26)27)15-9-7-8-14(12-15)19(20,21)22/h5-13H,4H2,1-3H3,(H,23,25)/t13-/m0/s1. The largest absolute Gasteiger partial charge is 0.492 e. The highest BCUT2D eigenvalue weighted by molar-refractivity contribution is 7.92. The fourth-order valence-corrected chi connectivity index (χ4v) is 3.88. The van der Waals surface area contributed by atoms with Crippen LogP contribution in [-0.2, 0) is 21.0 Å². The normalized spacial score (nSPS) is 12.9. The van der Waals surface area contributed by atoms with Crippen LogP contribution in [-0.4, -0.2) is 33.2 Å². The summed E-state index contributed by atoms with van der Waals surface area (Å²) in [6.07, 6.45) is -3.83. The number of rotatable bonds is 7. The Morgan fingerprint density at radius 3 is 2.41 bits per heavy atom. The molecule has 2 aromatic carbocycles. The van der Waals surface area contributed by atoms with E-state index in [1.807, 2.05) is 0 Å². The highest BCUT2D eigenvalue weighted by atomic mass is 32.2. The van der Waals surface area contributed by atoms with Crippen LogP contribution in [0.1, 0.15) is 19.4 Å². The molecule has 0 saturated carbocycles. The molecule has 0 unspecified atom stereocenters. The maximum atomic E-state index is 13.0. The number of hydrogen-bond acceptors (Lipinski definition) is 4. The van der Waals surface area contributed by atoms with Gasteiger partial charge in [-0.1, -0.05) is 18.2 Å². The van der Waals surface area contributed by atoms with Gasteiger partial charge in [-0.2, -0.15) is 13.2 Å². The molecule has 6 nitrogen and oxygen atoms in total. The van der Waals surface area contributed by atoms with E-state index in [0.29, 0.717) is 28.4 Å². The lowest BCUT2D eigenvalue weighted by molar-refractivity contribution is -0.137. The van der Waals surface area contributed by atoms with Gasteiger partial charge in [-0.25, -0.2) is 8.42 Å². The molecule has 0 aromatic heterocycles. The van der Waals surface area contributed by atoms with Crippen molar-refractivity contribution in [3.8, 4) is 5.75 Å². The third-order valence-electron chi connectivity index (χ3n) is 3.96. The smallest absolute Gasteiger partial charge is 0.416 e. The number of carbonyl (C=O) groups excluding carboxylic acids is 1. The van der Waals surface area contributed by atoms with Crippen LogP contribution in [0.3, 0.4) is 0 Å². The number of para-hydroxylation sites is 2. The van der Waals surface area contributed by atoms with Crippen molar-refractivity contribution in [2.24, 2.45) is 0 Å². The molecule has 2 aromatic rings. The lowest BCUT2D eigenvalue weighted by Gasteiger charge is -2.29. The van der Waals surface area contributed by atoms with Crippen molar-refractivity contribution >= 4 is 27.3 Å².